The van der Waals surface area contributed by atoms with Crippen molar-refractivity contribution in [1.82, 2.24) is 5.32 Å². The minimum absolute atomic E-state index is 0.0152. The van der Waals surface area contributed by atoms with Gasteiger partial charge < -0.3 is 5.32 Å². The zero-order valence-electron chi connectivity index (χ0n) is 13.1. The third-order valence-electron chi connectivity index (χ3n) is 3.49. The summed E-state index contributed by atoms with van der Waals surface area (Å²) in [5, 5.41) is 2.69. The molecule has 2 aromatic carbocycles. The number of benzene rings is 2. The highest BCUT2D eigenvalue weighted by Gasteiger charge is 2.34. The molecule has 1 N–H and O–H groups in total. The summed E-state index contributed by atoms with van der Waals surface area (Å²) in [4.78, 5) is -0.0152. The second-order valence-electron chi connectivity index (χ2n) is 5.27. The van der Waals surface area contributed by atoms with Crippen LogP contribution in [0, 0.1) is 5.82 Å². The van der Waals surface area contributed by atoms with Gasteiger partial charge in [0, 0.05) is 23.2 Å². The number of alkyl halides is 6. The third-order valence-corrected chi connectivity index (χ3v) is 3.86. The average molecular weight is 395 g/mol. The van der Waals surface area contributed by atoms with Crippen LogP contribution < -0.4 is 5.32 Å². The Morgan fingerprint density at radius 1 is 0.962 bits per heavy atom. The molecule has 0 aliphatic carbocycles. The molecule has 0 heterocycles. The second-order valence-corrected chi connectivity index (χ2v) is 5.76. The van der Waals surface area contributed by atoms with Gasteiger partial charge in [-0.15, -0.1) is 12.6 Å². The maximum atomic E-state index is 13.4. The predicted octanol–water partition coefficient (Wildman–Crippen LogP) is 5.87. The van der Waals surface area contributed by atoms with Crippen molar-refractivity contribution in [2.75, 3.05) is 7.05 Å². The first-order chi connectivity index (χ1) is 11.9. The van der Waals surface area contributed by atoms with Crippen LogP contribution in [0.25, 0.3) is 11.8 Å². The molecule has 0 saturated carbocycles. The van der Waals surface area contributed by atoms with Crippen LogP contribution in [0.5, 0.6) is 0 Å². The molecule has 0 amide bonds. The zero-order chi connectivity index (χ0) is 19.7. The molecule has 0 aromatic heterocycles. The van der Waals surface area contributed by atoms with E-state index >= 15 is 0 Å². The molecular weight excluding hydrogens is 383 g/mol. The van der Waals surface area contributed by atoms with E-state index in [1.54, 1.807) is 0 Å². The van der Waals surface area contributed by atoms with Crippen LogP contribution in [0.2, 0.25) is 0 Å². The van der Waals surface area contributed by atoms with E-state index in [-0.39, 0.29) is 21.7 Å². The van der Waals surface area contributed by atoms with Crippen LogP contribution in [0.1, 0.15) is 22.3 Å². The molecule has 0 aliphatic rings. The first-order valence-corrected chi connectivity index (χ1v) is 7.55. The summed E-state index contributed by atoms with van der Waals surface area (Å²) in [6, 6.07) is 5.23. The lowest BCUT2D eigenvalue weighted by atomic mass is 10.0. The van der Waals surface area contributed by atoms with Gasteiger partial charge in [-0.1, -0.05) is 12.1 Å². The van der Waals surface area contributed by atoms with Gasteiger partial charge in [0.15, 0.2) is 0 Å². The molecule has 2 rings (SSSR count). The number of nitrogens with one attached hydrogen (secondary N) is 1. The van der Waals surface area contributed by atoms with Crippen LogP contribution >= 0.6 is 12.6 Å². The fourth-order valence-electron chi connectivity index (χ4n) is 2.24. The third kappa shape index (κ3) is 4.51. The van der Waals surface area contributed by atoms with Crippen LogP contribution in [-0.2, 0) is 12.4 Å². The van der Waals surface area contributed by atoms with Gasteiger partial charge in [0.05, 0.1) is 11.1 Å². The molecule has 0 radical (unpaired) electrons. The number of halogens is 7. The van der Waals surface area contributed by atoms with Crippen LogP contribution in [0.3, 0.4) is 0 Å². The van der Waals surface area contributed by atoms with Gasteiger partial charge >= 0.3 is 12.4 Å². The quantitative estimate of drug-likeness (QED) is 0.376. The Kier molecular flexibility index (Phi) is 5.60. The van der Waals surface area contributed by atoms with Crippen molar-refractivity contribution in [3.63, 3.8) is 0 Å². The average Bonchev–Trinajstić information content (AvgIpc) is 2.52. The van der Waals surface area contributed by atoms with E-state index in [0.29, 0.717) is 12.1 Å². The topological polar surface area (TPSA) is 12.0 Å². The van der Waals surface area contributed by atoms with Gasteiger partial charge in [0.25, 0.3) is 0 Å². The lowest BCUT2D eigenvalue weighted by Crippen LogP contribution is -2.10. The van der Waals surface area contributed by atoms with E-state index in [1.165, 1.54) is 13.1 Å². The highest BCUT2D eigenvalue weighted by atomic mass is 32.1. The van der Waals surface area contributed by atoms with Gasteiger partial charge in [-0.05, 0) is 35.9 Å². The van der Waals surface area contributed by atoms with E-state index in [9.17, 15) is 30.7 Å². The SMILES string of the molecule is CN/C(=C\c1ccc(F)c(C(F)(F)F)c1)c1ccc(C(F)(F)F)cc1S. The Bertz CT molecular complexity index is 838. The fourth-order valence-corrected chi connectivity index (χ4v) is 2.57. The number of hydrogen-bond acceptors (Lipinski definition) is 2. The molecule has 0 aliphatic heterocycles. The van der Waals surface area contributed by atoms with Crippen molar-refractivity contribution in [2.24, 2.45) is 0 Å². The molecule has 1 nitrogen and oxygen atoms in total. The number of rotatable bonds is 3. The van der Waals surface area contributed by atoms with Crippen LogP contribution in [0.15, 0.2) is 41.3 Å². The molecule has 0 spiro atoms. The van der Waals surface area contributed by atoms with Crippen LogP contribution in [0.4, 0.5) is 30.7 Å². The van der Waals surface area contributed by atoms with E-state index < -0.39 is 29.3 Å². The number of hydrogen-bond donors (Lipinski definition) is 2. The second kappa shape index (κ2) is 7.22. The molecule has 0 fully saturated rings. The summed E-state index contributed by atoms with van der Waals surface area (Å²) in [5.74, 6) is -1.41. The van der Waals surface area contributed by atoms with E-state index in [1.807, 2.05) is 0 Å². The maximum absolute atomic E-state index is 13.4. The first-order valence-electron chi connectivity index (χ1n) is 7.10. The Morgan fingerprint density at radius 3 is 2.12 bits per heavy atom. The van der Waals surface area contributed by atoms with Crippen molar-refractivity contribution in [3.8, 4) is 0 Å². The van der Waals surface area contributed by atoms with Crippen molar-refractivity contribution in [3.05, 3.63) is 64.5 Å². The lowest BCUT2D eigenvalue weighted by Gasteiger charge is -2.14. The molecule has 140 valence electrons. The van der Waals surface area contributed by atoms with Gasteiger partial charge in [0.1, 0.15) is 5.82 Å². The predicted molar refractivity (Wildman–Crippen MR) is 87.0 cm³/mol. The summed E-state index contributed by atoms with van der Waals surface area (Å²) in [6.07, 6.45) is -8.15. The minimum atomic E-state index is -4.86. The van der Waals surface area contributed by atoms with Crippen LogP contribution in [-0.4, -0.2) is 7.05 Å². The van der Waals surface area contributed by atoms with Crippen molar-refractivity contribution >= 4 is 24.4 Å². The van der Waals surface area contributed by atoms with E-state index in [0.717, 1.165) is 24.3 Å². The summed E-state index contributed by atoms with van der Waals surface area (Å²) >= 11 is 4.02. The number of thiol groups is 1. The fraction of sp³-hybridized carbons (Fsp3) is 0.176. The van der Waals surface area contributed by atoms with Crippen molar-refractivity contribution in [2.45, 2.75) is 17.2 Å². The molecule has 0 saturated heterocycles. The standard InChI is InChI=1S/C17H12F7NS/c1-25-14(11-4-3-10(8-15(11)26)16(19,20)21)7-9-2-5-13(18)12(6-9)17(22,23)24/h2-8,25-26H,1H3/b14-7-. The lowest BCUT2D eigenvalue weighted by molar-refractivity contribution is -0.140. The van der Waals surface area contributed by atoms with Crippen molar-refractivity contribution in [1.29, 1.82) is 0 Å². The normalized spacial score (nSPS) is 13.0. The summed E-state index contributed by atoms with van der Waals surface area (Å²) in [7, 11) is 1.45. The van der Waals surface area contributed by atoms with E-state index in [4.69, 9.17) is 0 Å². The smallest absolute Gasteiger partial charge is 0.388 e. The Balaban J connectivity index is 2.49. The molecular formula is C17H12F7NS. The Morgan fingerprint density at radius 2 is 1.62 bits per heavy atom. The van der Waals surface area contributed by atoms with Gasteiger partial charge in [-0.2, -0.15) is 26.3 Å². The largest absolute Gasteiger partial charge is 0.419 e. The molecule has 26 heavy (non-hydrogen) atoms. The highest BCUT2D eigenvalue weighted by molar-refractivity contribution is 7.80. The van der Waals surface area contributed by atoms with Gasteiger partial charge in [-0.25, -0.2) is 4.39 Å². The monoisotopic (exact) mass is 395 g/mol. The molecule has 2 aromatic rings. The van der Waals surface area contributed by atoms with E-state index in [2.05, 4.69) is 17.9 Å². The minimum Gasteiger partial charge on any atom is -0.388 e. The highest BCUT2D eigenvalue weighted by Crippen LogP contribution is 2.35. The first kappa shape index (κ1) is 20.2. The van der Waals surface area contributed by atoms with Crippen molar-refractivity contribution < 1.29 is 30.7 Å². The summed E-state index contributed by atoms with van der Waals surface area (Å²) in [5.41, 5.74) is -1.83. The summed E-state index contributed by atoms with van der Waals surface area (Å²) in [6.45, 7) is 0. The Labute approximate surface area is 149 Å². The Hall–Kier alpha value is -2.16. The summed E-state index contributed by atoms with van der Waals surface area (Å²) < 4.78 is 89.9. The van der Waals surface area contributed by atoms with Gasteiger partial charge in [0.2, 0.25) is 0 Å². The molecule has 9 heteroatoms. The molecule has 0 bridgehead atoms. The molecule has 0 atom stereocenters. The maximum Gasteiger partial charge on any atom is 0.419 e. The van der Waals surface area contributed by atoms with Gasteiger partial charge in [-0.3, -0.25) is 0 Å². The molecule has 0 unspecified atom stereocenters. The zero-order valence-corrected chi connectivity index (χ0v) is 14.0.